The zero-order valence-corrected chi connectivity index (χ0v) is 12.0. The van der Waals surface area contributed by atoms with Gasteiger partial charge < -0.3 is 14.5 Å². The van der Waals surface area contributed by atoms with E-state index in [1.807, 2.05) is 36.4 Å². The maximum atomic E-state index is 5.74. The highest BCUT2D eigenvalue weighted by molar-refractivity contribution is 5.74. The normalized spacial score (nSPS) is 10.7. The molecule has 4 heteroatoms. The van der Waals surface area contributed by atoms with Crippen LogP contribution in [0.2, 0.25) is 0 Å². The molecular formula is C17H18N2O2. The van der Waals surface area contributed by atoms with Crippen LogP contribution in [0.25, 0.3) is 11.1 Å². The average molecular weight is 282 g/mol. The van der Waals surface area contributed by atoms with Crippen LogP contribution in [0.15, 0.2) is 52.9 Å². The fraction of sp³-hybridized carbons (Fsp3) is 0.235. The topological polar surface area (TPSA) is 47.3 Å². The fourth-order valence-corrected chi connectivity index (χ4v) is 2.21. The molecule has 0 radical (unpaired) electrons. The summed E-state index contributed by atoms with van der Waals surface area (Å²) in [5, 5.41) is 3.38. The van der Waals surface area contributed by atoms with E-state index < -0.39 is 0 Å². The van der Waals surface area contributed by atoms with Gasteiger partial charge in [0.2, 0.25) is 0 Å². The molecule has 0 unspecified atom stereocenters. The molecule has 108 valence electrons. The van der Waals surface area contributed by atoms with Crippen LogP contribution in [0.4, 0.5) is 5.69 Å². The molecule has 0 saturated heterocycles. The van der Waals surface area contributed by atoms with Crippen LogP contribution < -0.4 is 10.1 Å². The van der Waals surface area contributed by atoms with E-state index in [1.165, 1.54) is 0 Å². The van der Waals surface area contributed by atoms with E-state index in [4.69, 9.17) is 9.15 Å². The van der Waals surface area contributed by atoms with Crippen molar-refractivity contribution < 1.29 is 9.15 Å². The number of nitrogens with one attached hydrogen (secondary N) is 1. The number of fused-ring (bicyclic) bond motifs is 1. The van der Waals surface area contributed by atoms with Crippen molar-refractivity contribution in [2.24, 2.45) is 0 Å². The lowest BCUT2D eigenvalue weighted by molar-refractivity contribution is 0.414. The van der Waals surface area contributed by atoms with E-state index in [1.54, 1.807) is 7.11 Å². The molecule has 0 fully saturated rings. The number of nitrogens with zero attached hydrogens (tertiary/aromatic N) is 1. The summed E-state index contributed by atoms with van der Waals surface area (Å²) in [4.78, 5) is 4.48. The molecule has 21 heavy (non-hydrogen) atoms. The van der Waals surface area contributed by atoms with Gasteiger partial charge in [0.1, 0.15) is 11.3 Å². The second kappa shape index (κ2) is 6.31. The Labute approximate surface area is 123 Å². The molecule has 0 bridgehead atoms. The van der Waals surface area contributed by atoms with Crippen LogP contribution in [-0.2, 0) is 6.42 Å². The Bertz CT molecular complexity index is 707. The SMILES string of the molecule is COc1ccc2nc(CCCNc3ccccc3)oc2c1. The molecule has 1 heterocycles. The van der Waals surface area contributed by atoms with Crippen LogP contribution in [0.3, 0.4) is 0 Å². The third-order valence-electron chi connectivity index (χ3n) is 3.31. The molecule has 0 aliphatic heterocycles. The van der Waals surface area contributed by atoms with Crippen molar-refractivity contribution in [1.29, 1.82) is 0 Å². The minimum Gasteiger partial charge on any atom is -0.497 e. The Balaban J connectivity index is 1.55. The maximum Gasteiger partial charge on any atom is 0.195 e. The Morgan fingerprint density at radius 2 is 2.00 bits per heavy atom. The Hall–Kier alpha value is -2.49. The van der Waals surface area contributed by atoms with Gasteiger partial charge in [-0.05, 0) is 30.7 Å². The van der Waals surface area contributed by atoms with Crippen molar-refractivity contribution >= 4 is 16.8 Å². The predicted molar refractivity (Wildman–Crippen MR) is 83.8 cm³/mol. The van der Waals surface area contributed by atoms with Gasteiger partial charge in [-0.2, -0.15) is 0 Å². The molecule has 1 aromatic heterocycles. The summed E-state index contributed by atoms with van der Waals surface area (Å²) in [5.41, 5.74) is 2.79. The van der Waals surface area contributed by atoms with Crippen molar-refractivity contribution in [3.8, 4) is 5.75 Å². The van der Waals surface area contributed by atoms with Crippen molar-refractivity contribution in [3.63, 3.8) is 0 Å². The minimum absolute atomic E-state index is 0.771. The minimum atomic E-state index is 0.771. The van der Waals surface area contributed by atoms with Gasteiger partial charge in [0, 0.05) is 24.7 Å². The standard InChI is InChI=1S/C17H18N2O2/c1-20-14-9-10-15-16(12-14)21-17(19-15)8-5-11-18-13-6-3-2-4-7-13/h2-4,6-7,9-10,12,18H,5,8,11H2,1H3. The molecule has 2 aromatic carbocycles. The van der Waals surface area contributed by atoms with E-state index in [0.29, 0.717) is 0 Å². The Morgan fingerprint density at radius 1 is 1.14 bits per heavy atom. The summed E-state index contributed by atoms with van der Waals surface area (Å²) in [7, 11) is 1.65. The molecule has 1 N–H and O–H groups in total. The van der Waals surface area contributed by atoms with Crippen molar-refractivity contribution in [2.75, 3.05) is 19.0 Å². The Morgan fingerprint density at radius 3 is 2.81 bits per heavy atom. The summed E-state index contributed by atoms with van der Waals surface area (Å²) in [5.74, 6) is 1.56. The van der Waals surface area contributed by atoms with Crippen LogP contribution in [0.1, 0.15) is 12.3 Å². The van der Waals surface area contributed by atoms with Gasteiger partial charge >= 0.3 is 0 Å². The molecule has 3 rings (SSSR count). The molecule has 0 spiro atoms. The number of oxazole rings is 1. The lowest BCUT2D eigenvalue weighted by Crippen LogP contribution is -2.02. The van der Waals surface area contributed by atoms with E-state index >= 15 is 0 Å². The van der Waals surface area contributed by atoms with E-state index in [9.17, 15) is 0 Å². The lowest BCUT2D eigenvalue weighted by atomic mass is 10.3. The molecule has 0 amide bonds. The van der Waals surface area contributed by atoms with Crippen LogP contribution in [0, 0.1) is 0 Å². The van der Waals surface area contributed by atoms with Crippen LogP contribution in [0.5, 0.6) is 5.75 Å². The number of aryl methyl sites for hydroxylation is 1. The first-order chi connectivity index (χ1) is 10.3. The second-order valence-electron chi connectivity index (χ2n) is 4.84. The summed E-state index contributed by atoms with van der Waals surface area (Å²) < 4.78 is 10.9. The van der Waals surface area contributed by atoms with Gasteiger partial charge in [0.15, 0.2) is 11.5 Å². The molecule has 0 saturated carbocycles. The van der Waals surface area contributed by atoms with Gasteiger partial charge in [0.25, 0.3) is 0 Å². The number of benzene rings is 2. The summed E-state index contributed by atoms with van der Waals surface area (Å²) in [6.45, 7) is 0.895. The largest absolute Gasteiger partial charge is 0.497 e. The van der Waals surface area contributed by atoms with Gasteiger partial charge in [-0.1, -0.05) is 18.2 Å². The molecule has 0 aliphatic rings. The number of hydrogen-bond acceptors (Lipinski definition) is 4. The van der Waals surface area contributed by atoms with Crippen LogP contribution >= 0.6 is 0 Å². The molecule has 0 aliphatic carbocycles. The highest BCUT2D eigenvalue weighted by atomic mass is 16.5. The van der Waals surface area contributed by atoms with E-state index in [0.717, 1.165) is 47.8 Å². The van der Waals surface area contributed by atoms with E-state index in [2.05, 4.69) is 22.4 Å². The lowest BCUT2D eigenvalue weighted by Gasteiger charge is -2.04. The first kappa shape index (κ1) is 13.5. The zero-order chi connectivity index (χ0) is 14.5. The van der Waals surface area contributed by atoms with Crippen molar-refractivity contribution in [1.82, 2.24) is 4.98 Å². The zero-order valence-electron chi connectivity index (χ0n) is 12.0. The highest BCUT2D eigenvalue weighted by Gasteiger charge is 2.06. The molecule has 3 aromatic rings. The van der Waals surface area contributed by atoms with Crippen molar-refractivity contribution in [2.45, 2.75) is 12.8 Å². The number of anilines is 1. The first-order valence-corrected chi connectivity index (χ1v) is 7.07. The summed E-state index contributed by atoms with van der Waals surface area (Å²) >= 11 is 0. The average Bonchev–Trinajstić information content (AvgIpc) is 2.94. The first-order valence-electron chi connectivity index (χ1n) is 7.07. The smallest absolute Gasteiger partial charge is 0.195 e. The van der Waals surface area contributed by atoms with Gasteiger partial charge in [-0.15, -0.1) is 0 Å². The van der Waals surface area contributed by atoms with Gasteiger partial charge in [-0.3, -0.25) is 0 Å². The third kappa shape index (κ3) is 3.34. The number of rotatable bonds is 6. The van der Waals surface area contributed by atoms with Gasteiger partial charge in [-0.25, -0.2) is 4.98 Å². The van der Waals surface area contributed by atoms with E-state index in [-0.39, 0.29) is 0 Å². The highest BCUT2D eigenvalue weighted by Crippen LogP contribution is 2.21. The molecule has 4 nitrogen and oxygen atoms in total. The number of hydrogen-bond donors (Lipinski definition) is 1. The third-order valence-corrected chi connectivity index (χ3v) is 3.31. The summed E-state index contributed by atoms with van der Waals surface area (Å²) in [6.07, 6.45) is 1.79. The van der Waals surface area contributed by atoms with Crippen molar-refractivity contribution in [3.05, 3.63) is 54.4 Å². The maximum absolute atomic E-state index is 5.74. The Kier molecular flexibility index (Phi) is 4.05. The van der Waals surface area contributed by atoms with Gasteiger partial charge in [0.05, 0.1) is 7.11 Å². The number of methoxy groups -OCH3 is 1. The number of ether oxygens (including phenoxy) is 1. The number of para-hydroxylation sites is 1. The number of aromatic nitrogens is 1. The molecule has 0 atom stereocenters. The quantitative estimate of drug-likeness (QED) is 0.697. The predicted octanol–water partition coefficient (Wildman–Crippen LogP) is 3.88. The fourth-order valence-electron chi connectivity index (χ4n) is 2.21. The molecular weight excluding hydrogens is 264 g/mol. The summed E-state index contributed by atoms with van der Waals surface area (Å²) in [6, 6.07) is 15.9. The van der Waals surface area contributed by atoms with Crippen LogP contribution in [-0.4, -0.2) is 18.6 Å². The second-order valence-corrected chi connectivity index (χ2v) is 4.84. The monoisotopic (exact) mass is 282 g/mol.